The molecular weight excluding hydrogens is 294 g/mol. The quantitative estimate of drug-likeness (QED) is 0.570. The van der Waals surface area contributed by atoms with Crippen LogP contribution in [0.25, 0.3) is 10.8 Å². The van der Waals surface area contributed by atoms with E-state index in [2.05, 4.69) is 10.3 Å². The molecule has 0 aliphatic heterocycles. The Morgan fingerprint density at radius 3 is 2.61 bits per heavy atom. The van der Waals surface area contributed by atoms with Crippen molar-refractivity contribution in [2.24, 2.45) is 0 Å². The predicted octanol–water partition coefficient (Wildman–Crippen LogP) is 3.57. The van der Waals surface area contributed by atoms with Crippen molar-refractivity contribution in [3.8, 4) is 0 Å². The second-order valence-electron chi connectivity index (χ2n) is 5.33. The Hall–Kier alpha value is -3.15. The van der Waals surface area contributed by atoms with Crippen molar-refractivity contribution in [1.82, 2.24) is 10.3 Å². The van der Waals surface area contributed by atoms with Crippen LogP contribution in [-0.4, -0.2) is 15.8 Å². The molecule has 0 radical (unpaired) electrons. The number of nitrogens with one attached hydrogen (secondary N) is 2. The van der Waals surface area contributed by atoms with Crippen molar-refractivity contribution in [2.75, 3.05) is 0 Å². The molecule has 3 rings (SSSR count). The molecule has 1 atom stereocenters. The monoisotopic (exact) mass is 309 g/mol. The molecule has 0 aliphatic rings. The van der Waals surface area contributed by atoms with Gasteiger partial charge in [-0.15, -0.1) is 0 Å². The highest BCUT2D eigenvalue weighted by Gasteiger charge is 2.16. The number of rotatable bonds is 4. The van der Waals surface area contributed by atoms with Crippen molar-refractivity contribution in [3.63, 3.8) is 0 Å². The standard InChI is InChI=1S/C17H15N3O3/c1-11(13-7-6-12-4-2-3-5-14(12)8-13)19-17(21)16-9-15(10-18-16)20(22)23/h2-11,18H,1H3,(H,19,21)/t11-/m0/s1. The fourth-order valence-electron chi connectivity index (χ4n) is 2.45. The number of carbonyl (C=O) groups is 1. The molecule has 1 amide bonds. The third kappa shape index (κ3) is 3.06. The third-order valence-electron chi connectivity index (χ3n) is 3.74. The highest BCUT2D eigenvalue weighted by atomic mass is 16.6. The molecule has 0 saturated heterocycles. The molecule has 0 unspecified atom stereocenters. The smallest absolute Gasteiger partial charge is 0.287 e. The first-order valence-corrected chi connectivity index (χ1v) is 7.17. The second-order valence-corrected chi connectivity index (χ2v) is 5.33. The Morgan fingerprint density at radius 1 is 1.17 bits per heavy atom. The van der Waals surface area contributed by atoms with E-state index in [4.69, 9.17) is 0 Å². The number of aromatic amines is 1. The highest BCUT2D eigenvalue weighted by Crippen LogP contribution is 2.21. The summed E-state index contributed by atoms with van der Waals surface area (Å²) in [7, 11) is 0. The van der Waals surface area contributed by atoms with Gasteiger partial charge in [0.2, 0.25) is 0 Å². The molecule has 3 aromatic rings. The topological polar surface area (TPSA) is 88.0 Å². The van der Waals surface area contributed by atoms with E-state index in [1.165, 1.54) is 12.3 Å². The summed E-state index contributed by atoms with van der Waals surface area (Å²) in [6, 6.07) is 15.0. The van der Waals surface area contributed by atoms with E-state index < -0.39 is 4.92 Å². The molecular formula is C17H15N3O3. The highest BCUT2D eigenvalue weighted by molar-refractivity contribution is 5.93. The number of hydrogen-bond donors (Lipinski definition) is 2. The first-order chi connectivity index (χ1) is 11.0. The van der Waals surface area contributed by atoms with Crippen molar-refractivity contribution in [3.05, 3.63) is 76.1 Å². The molecule has 6 nitrogen and oxygen atoms in total. The molecule has 1 heterocycles. The SMILES string of the molecule is C[C@H](NC(=O)c1cc([N+](=O)[O-])c[nH]1)c1ccc2ccccc2c1. The van der Waals surface area contributed by atoms with E-state index >= 15 is 0 Å². The minimum atomic E-state index is -0.542. The Bertz CT molecular complexity index is 885. The number of nitrogens with zero attached hydrogens (tertiary/aromatic N) is 1. The molecule has 0 saturated carbocycles. The van der Waals surface area contributed by atoms with Gasteiger partial charge in [-0.3, -0.25) is 14.9 Å². The van der Waals surface area contributed by atoms with Gasteiger partial charge in [0.05, 0.1) is 17.2 Å². The summed E-state index contributed by atoms with van der Waals surface area (Å²) in [6.45, 7) is 1.87. The summed E-state index contributed by atoms with van der Waals surface area (Å²) < 4.78 is 0. The van der Waals surface area contributed by atoms with Gasteiger partial charge < -0.3 is 10.3 Å². The molecule has 2 N–H and O–H groups in total. The van der Waals surface area contributed by atoms with Crippen LogP contribution in [0, 0.1) is 10.1 Å². The number of hydrogen-bond acceptors (Lipinski definition) is 3. The lowest BCUT2D eigenvalue weighted by molar-refractivity contribution is -0.384. The lowest BCUT2D eigenvalue weighted by Gasteiger charge is -2.14. The average Bonchev–Trinajstić information content (AvgIpc) is 3.04. The number of amides is 1. The Balaban J connectivity index is 1.77. The van der Waals surface area contributed by atoms with Gasteiger partial charge in [-0.2, -0.15) is 0 Å². The molecule has 2 aromatic carbocycles. The largest absolute Gasteiger partial charge is 0.351 e. The van der Waals surface area contributed by atoms with Crippen LogP contribution in [0.4, 0.5) is 5.69 Å². The summed E-state index contributed by atoms with van der Waals surface area (Å²) >= 11 is 0. The van der Waals surface area contributed by atoms with Crippen LogP contribution in [0.15, 0.2) is 54.7 Å². The summed E-state index contributed by atoms with van der Waals surface area (Å²) in [4.78, 5) is 24.9. The van der Waals surface area contributed by atoms with Crippen molar-refractivity contribution >= 4 is 22.4 Å². The number of benzene rings is 2. The minimum absolute atomic E-state index is 0.131. The van der Waals surface area contributed by atoms with Gasteiger partial charge in [-0.1, -0.05) is 36.4 Å². The maximum Gasteiger partial charge on any atom is 0.287 e. The van der Waals surface area contributed by atoms with Gasteiger partial charge >= 0.3 is 0 Å². The number of carbonyl (C=O) groups excluding carboxylic acids is 1. The van der Waals surface area contributed by atoms with Crippen LogP contribution in [0.5, 0.6) is 0 Å². The first kappa shape index (κ1) is 14.8. The van der Waals surface area contributed by atoms with Crippen LogP contribution in [-0.2, 0) is 0 Å². The Labute approximate surface area is 132 Å². The van der Waals surface area contributed by atoms with Crippen LogP contribution < -0.4 is 5.32 Å². The zero-order valence-corrected chi connectivity index (χ0v) is 12.4. The second kappa shape index (κ2) is 5.92. The van der Waals surface area contributed by atoms with E-state index in [1.54, 1.807) is 0 Å². The Morgan fingerprint density at radius 2 is 1.91 bits per heavy atom. The minimum Gasteiger partial charge on any atom is -0.351 e. The van der Waals surface area contributed by atoms with E-state index in [1.807, 2.05) is 49.4 Å². The summed E-state index contributed by atoms with van der Waals surface area (Å²) in [5.74, 6) is -0.376. The first-order valence-electron chi connectivity index (χ1n) is 7.17. The summed E-state index contributed by atoms with van der Waals surface area (Å²) in [6.07, 6.45) is 1.20. The molecule has 116 valence electrons. The van der Waals surface area contributed by atoms with Crippen LogP contribution >= 0.6 is 0 Å². The van der Waals surface area contributed by atoms with Crippen molar-refractivity contribution in [2.45, 2.75) is 13.0 Å². The summed E-state index contributed by atoms with van der Waals surface area (Å²) in [5.41, 5.74) is 1.01. The van der Waals surface area contributed by atoms with Gasteiger partial charge in [0, 0.05) is 6.07 Å². The van der Waals surface area contributed by atoms with Crippen molar-refractivity contribution in [1.29, 1.82) is 0 Å². The lowest BCUT2D eigenvalue weighted by Crippen LogP contribution is -2.26. The summed E-state index contributed by atoms with van der Waals surface area (Å²) in [5, 5.41) is 15.7. The fraction of sp³-hybridized carbons (Fsp3) is 0.118. The molecule has 0 fully saturated rings. The van der Waals surface area contributed by atoms with E-state index in [0.29, 0.717) is 0 Å². The van der Waals surface area contributed by atoms with Crippen LogP contribution in [0.3, 0.4) is 0 Å². The van der Waals surface area contributed by atoms with Gasteiger partial charge in [0.1, 0.15) is 5.69 Å². The Kier molecular flexibility index (Phi) is 3.80. The zero-order valence-electron chi connectivity index (χ0n) is 12.4. The van der Waals surface area contributed by atoms with Gasteiger partial charge in [-0.25, -0.2) is 0 Å². The zero-order chi connectivity index (χ0) is 16.4. The van der Waals surface area contributed by atoms with Crippen molar-refractivity contribution < 1.29 is 9.72 Å². The van der Waals surface area contributed by atoms with Crippen LogP contribution in [0.1, 0.15) is 29.0 Å². The molecule has 1 aromatic heterocycles. The number of aromatic nitrogens is 1. The van der Waals surface area contributed by atoms with E-state index in [9.17, 15) is 14.9 Å². The average molecular weight is 309 g/mol. The molecule has 0 bridgehead atoms. The van der Waals surface area contributed by atoms with Gasteiger partial charge in [-0.05, 0) is 29.3 Å². The van der Waals surface area contributed by atoms with Crippen LogP contribution in [0.2, 0.25) is 0 Å². The lowest BCUT2D eigenvalue weighted by atomic mass is 10.0. The molecule has 23 heavy (non-hydrogen) atoms. The molecule has 6 heteroatoms. The van der Waals surface area contributed by atoms with E-state index in [0.717, 1.165) is 16.3 Å². The third-order valence-corrected chi connectivity index (χ3v) is 3.74. The normalized spacial score (nSPS) is 12.0. The fourth-order valence-corrected chi connectivity index (χ4v) is 2.45. The van der Waals surface area contributed by atoms with Gasteiger partial charge in [0.15, 0.2) is 0 Å². The maximum absolute atomic E-state index is 12.2. The number of fused-ring (bicyclic) bond motifs is 1. The van der Waals surface area contributed by atoms with Gasteiger partial charge in [0.25, 0.3) is 11.6 Å². The number of nitro groups is 1. The predicted molar refractivity (Wildman–Crippen MR) is 87.3 cm³/mol. The molecule has 0 aliphatic carbocycles. The maximum atomic E-state index is 12.2. The number of H-pyrrole nitrogens is 1. The molecule has 0 spiro atoms. The van der Waals surface area contributed by atoms with E-state index in [-0.39, 0.29) is 23.3 Å².